The lowest BCUT2D eigenvalue weighted by molar-refractivity contribution is 0.0160. The molecule has 0 spiro atoms. The van der Waals surface area contributed by atoms with E-state index in [1.54, 1.807) is 44.8 Å². The van der Waals surface area contributed by atoms with Gasteiger partial charge in [-0.3, -0.25) is 18.7 Å². The van der Waals surface area contributed by atoms with Gasteiger partial charge in [0, 0.05) is 18.0 Å². The second-order valence-corrected chi connectivity index (χ2v) is 13.7. The van der Waals surface area contributed by atoms with E-state index in [0.717, 1.165) is 16.6 Å². The molecule has 13 nitrogen and oxygen atoms in total. The second kappa shape index (κ2) is 10.3. The quantitative estimate of drug-likeness (QED) is 0.343. The summed E-state index contributed by atoms with van der Waals surface area (Å²) in [7, 11) is -5.70. The van der Waals surface area contributed by atoms with Gasteiger partial charge in [0.2, 0.25) is 0 Å². The lowest BCUT2D eigenvalue weighted by Crippen LogP contribution is -2.41. The summed E-state index contributed by atoms with van der Waals surface area (Å²) >= 11 is 3.30. The maximum absolute atomic E-state index is 13.0. The third kappa shape index (κ3) is 7.27. The zero-order valence-corrected chi connectivity index (χ0v) is 24.7. The van der Waals surface area contributed by atoms with E-state index < -0.39 is 37.9 Å². The van der Waals surface area contributed by atoms with Gasteiger partial charge in [-0.2, -0.15) is 17.6 Å². The molecule has 0 radical (unpaired) electrons. The standard InChI is InChI=1S/C21H29BrN6O7S2/c1-13(35-37(7,32)33)11-27(20(29)34-21(2,3)4)12-18-15(9-24-26(18)5)16-8-14-17(10-23-16)28(25-19(14)22)36(6,30)31/h8-10,13H,11-12H2,1-7H3/t13-/m0/s1. The molecule has 0 aliphatic carbocycles. The Kier molecular flexibility index (Phi) is 8.08. The van der Waals surface area contributed by atoms with Gasteiger partial charge in [0.05, 0.1) is 55.5 Å². The van der Waals surface area contributed by atoms with Crippen molar-refractivity contribution in [3.05, 3.63) is 28.8 Å². The van der Waals surface area contributed by atoms with Gasteiger partial charge in [0.25, 0.3) is 20.1 Å². The van der Waals surface area contributed by atoms with E-state index in [2.05, 4.69) is 31.1 Å². The highest BCUT2D eigenvalue weighted by Crippen LogP contribution is 2.30. The van der Waals surface area contributed by atoms with Crippen LogP contribution in [0.1, 0.15) is 33.4 Å². The van der Waals surface area contributed by atoms with Crippen LogP contribution >= 0.6 is 15.9 Å². The smallest absolute Gasteiger partial charge is 0.410 e. The highest BCUT2D eigenvalue weighted by molar-refractivity contribution is 9.10. The Bertz CT molecular complexity index is 1540. The number of carbonyl (C=O) groups excluding carboxylic acids is 1. The molecule has 3 aromatic heterocycles. The molecule has 3 aromatic rings. The second-order valence-electron chi connectivity index (χ2n) is 9.58. The summed E-state index contributed by atoms with van der Waals surface area (Å²) in [4.78, 5) is 18.8. The Morgan fingerprint density at radius 1 is 1.19 bits per heavy atom. The summed E-state index contributed by atoms with van der Waals surface area (Å²) < 4.78 is 60.7. The first kappa shape index (κ1) is 29.0. The first-order chi connectivity index (χ1) is 16.9. The summed E-state index contributed by atoms with van der Waals surface area (Å²) in [6.07, 6.45) is 3.44. The number of pyridine rings is 1. The minimum atomic E-state index is -3.75. The molecule has 3 heterocycles. The van der Waals surface area contributed by atoms with Crippen LogP contribution in [0.2, 0.25) is 0 Å². The van der Waals surface area contributed by atoms with Crippen LogP contribution in [0, 0.1) is 0 Å². The van der Waals surface area contributed by atoms with Crippen LogP contribution in [0.4, 0.5) is 4.79 Å². The van der Waals surface area contributed by atoms with E-state index in [4.69, 9.17) is 8.92 Å². The average Bonchev–Trinajstić information content (AvgIpc) is 3.24. The van der Waals surface area contributed by atoms with Crippen molar-refractivity contribution in [2.24, 2.45) is 7.05 Å². The third-order valence-electron chi connectivity index (χ3n) is 4.95. The van der Waals surface area contributed by atoms with Crippen molar-refractivity contribution in [1.29, 1.82) is 0 Å². The van der Waals surface area contributed by atoms with Crippen LogP contribution in [0.3, 0.4) is 0 Å². The molecule has 0 aliphatic rings. The molecule has 0 unspecified atom stereocenters. The SMILES string of the molecule is C[C@@H](CN(Cc1c(-c2cc3c(Br)nn(S(C)(=O)=O)c3cn2)cnn1C)C(=O)OC(C)(C)C)OS(C)(=O)=O. The van der Waals surface area contributed by atoms with Crippen molar-refractivity contribution in [3.8, 4) is 11.3 Å². The highest BCUT2D eigenvalue weighted by atomic mass is 79.9. The lowest BCUT2D eigenvalue weighted by Gasteiger charge is -2.29. The molecule has 1 atom stereocenters. The minimum Gasteiger partial charge on any atom is -0.444 e. The molecular weight excluding hydrogens is 592 g/mol. The molecule has 0 bridgehead atoms. The number of hydrogen-bond acceptors (Lipinski definition) is 10. The van der Waals surface area contributed by atoms with Gasteiger partial charge in [-0.15, -0.1) is 5.10 Å². The molecule has 204 valence electrons. The van der Waals surface area contributed by atoms with Gasteiger partial charge in [-0.25, -0.2) is 13.2 Å². The largest absolute Gasteiger partial charge is 0.444 e. The fraction of sp³-hybridized carbons (Fsp3) is 0.524. The molecule has 3 rings (SSSR count). The van der Waals surface area contributed by atoms with Gasteiger partial charge < -0.3 is 4.74 Å². The van der Waals surface area contributed by atoms with Crippen LogP contribution in [0.15, 0.2) is 23.1 Å². The van der Waals surface area contributed by atoms with Crippen molar-refractivity contribution < 1.29 is 30.6 Å². The minimum absolute atomic E-state index is 0.00168. The van der Waals surface area contributed by atoms with Crippen molar-refractivity contribution in [2.45, 2.75) is 45.9 Å². The third-order valence-corrected chi connectivity index (χ3v) is 7.12. The summed E-state index contributed by atoms with van der Waals surface area (Å²) in [5.41, 5.74) is 1.13. The number of amides is 1. The van der Waals surface area contributed by atoms with Gasteiger partial charge in [-0.1, -0.05) is 0 Å². The number of carbonyl (C=O) groups is 1. The summed E-state index contributed by atoms with van der Waals surface area (Å²) in [5, 5.41) is 8.87. The van der Waals surface area contributed by atoms with Crippen molar-refractivity contribution in [2.75, 3.05) is 19.1 Å². The van der Waals surface area contributed by atoms with Gasteiger partial charge >= 0.3 is 6.09 Å². The van der Waals surface area contributed by atoms with Gasteiger partial charge in [-0.05, 0) is 49.7 Å². The normalized spacial score (nSPS) is 13.6. The molecule has 0 saturated carbocycles. The average molecular weight is 622 g/mol. The lowest BCUT2D eigenvalue weighted by atomic mass is 10.1. The summed E-state index contributed by atoms with van der Waals surface area (Å²) in [5.74, 6) is 0. The van der Waals surface area contributed by atoms with E-state index in [9.17, 15) is 21.6 Å². The van der Waals surface area contributed by atoms with Crippen molar-refractivity contribution in [3.63, 3.8) is 0 Å². The fourth-order valence-corrected chi connectivity index (χ4v) is 5.54. The Morgan fingerprint density at radius 2 is 1.84 bits per heavy atom. The van der Waals surface area contributed by atoms with E-state index in [1.165, 1.54) is 18.0 Å². The first-order valence-electron chi connectivity index (χ1n) is 11.0. The topological polar surface area (TPSA) is 156 Å². The monoisotopic (exact) mass is 620 g/mol. The fourth-order valence-electron chi connectivity index (χ4n) is 3.57. The van der Waals surface area contributed by atoms with Crippen molar-refractivity contribution in [1.82, 2.24) is 28.9 Å². The zero-order chi connectivity index (χ0) is 27.9. The number of nitrogens with zero attached hydrogens (tertiary/aromatic N) is 6. The maximum Gasteiger partial charge on any atom is 0.410 e. The maximum atomic E-state index is 13.0. The van der Waals surface area contributed by atoms with Crippen molar-refractivity contribution >= 4 is 53.1 Å². The van der Waals surface area contributed by atoms with Crippen LogP contribution in [-0.4, -0.2) is 82.5 Å². The molecule has 0 aliphatic heterocycles. The molecule has 0 aromatic carbocycles. The van der Waals surface area contributed by atoms with Crippen LogP contribution in [0.25, 0.3) is 22.2 Å². The highest BCUT2D eigenvalue weighted by Gasteiger charge is 2.28. The van der Waals surface area contributed by atoms with Crippen LogP contribution < -0.4 is 0 Å². The summed E-state index contributed by atoms with van der Waals surface area (Å²) in [6, 6.07) is 1.67. The number of aromatic nitrogens is 5. The molecule has 0 saturated heterocycles. The van der Waals surface area contributed by atoms with E-state index >= 15 is 0 Å². The van der Waals surface area contributed by atoms with Gasteiger partial charge in [0.1, 0.15) is 15.7 Å². The predicted molar refractivity (Wildman–Crippen MR) is 140 cm³/mol. The molecule has 0 N–H and O–H groups in total. The number of hydrogen-bond donors (Lipinski definition) is 0. The Hall–Kier alpha value is -2.56. The van der Waals surface area contributed by atoms with E-state index in [0.29, 0.717) is 32.5 Å². The summed E-state index contributed by atoms with van der Waals surface area (Å²) in [6.45, 7) is 6.64. The molecule has 1 amide bonds. The number of ether oxygens (including phenoxy) is 1. The molecule has 0 fully saturated rings. The number of aryl methyl sites for hydroxylation is 1. The molecule has 16 heteroatoms. The first-order valence-corrected chi connectivity index (χ1v) is 15.4. The molecule has 37 heavy (non-hydrogen) atoms. The zero-order valence-electron chi connectivity index (χ0n) is 21.5. The molecular formula is C21H29BrN6O7S2. The predicted octanol–water partition coefficient (Wildman–Crippen LogP) is 2.50. The van der Waals surface area contributed by atoms with E-state index in [1.807, 2.05) is 0 Å². The van der Waals surface area contributed by atoms with E-state index in [-0.39, 0.29) is 13.1 Å². The van der Waals surface area contributed by atoms with Gasteiger partial charge in [0.15, 0.2) is 0 Å². The van der Waals surface area contributed by atoms with Crippen LogP contribution in [0.5, 0.6) is 0 Å². The van der Waals surface area contributed by atoms with Crippen LogP contribution in [-0.2, 0) is 42.7 Å². The Morgan fingerprint density at radius 3 is 2.41 bits per heavy atom. The Labute approximate surface area is 224 Å². The number of fused-ring (bicyclic) bond motifs is 1. The number of rotatable bonds is 8. The Balaban J connectivity index is 2.02. The number of halogens is 1.